The molecule has 0 aliphatic carbocycles. The van der Waals surface area contributed by atoms with Gasteiger partial charge >= 0.3 is 5.97 Å². The van der Waals surface area contributed by atoms with Gasteiger partial charge in [-0.3, -0.25) is 4.79 Å². The molecule has 4 nitrogen and oxygen atoms in total. The Morgan fingerprint density at radius 2 is 1.75 bits per heavy atom. The minimum atomic E-state index is -2.13. The molecule has 0 saturated heterocycles. The Bertz CT molecular complexity index is 541. The van der Waals surface area contributed by atoms with Crippen molar-refractivity contribution in [2.45, 2.75) is 45.8 Å². The fourth-order valence-electron chi connectivity index (χ4n) is 1.46. The molecule has 1 N–H and O–H groups in total. The number of aromatic carboxylic acids is 1. The highest BCUT2D eigenvalue weighted by molar-refractivity contribution is 6.74. The van der Waals surface area contributed by atoms with Gasteiger partial charge in [0, 0.05) is 0 Å². The number of carbonyl (C=O) groups excluding carboxylic acids is 1. The lowest BCUT2D eigenvalue weighted by atomic mass is 10.1. The van der Waals surface area contributed by atoms with Gasteiger partial charge in [0.15, 0.2) is 5.78 Å². The lowest BCUT2D eigenvalue weighted by Gasteiger charge is -2.37. The molecule has 0 atom stereocenters. The zero-order valence-electron chi connectivity index (χ0n) is 12.9. The van der Waals surface area contributed by atoms with E-state index in [0.717, 1.165) is 0 Å². The SMILES string of the molecule is CC(=O)c1ccc(C(=O)O)cc1O[Si](C)(C)C(C)(C)C. The van der Waals surface area contributed by atoms with Crippen LogP contribution in [0.15, 0.2) is 18.2 Å². The molecule has 0 radical (unpaired) electrons. The van der Waals surface area contributed by atoms with Gasteiger partial charge in [-0.2, -0.15) is 0 Å². The second-order valence-electron chi connectivity index (χ2n) is 6.43. The van der Waals surface area contributed by atoms with Crippen molar-refractivity contribution in [3.05, 3.63) is 29.3 Å². The summed E-state index contributed by atoms with van der Waals surface area (Å²) in [6.45, 7) is 11.8. The number of ketones is 1. The molecule has 0 aliphatic rings. The molecule has 0 bridgehead atoms. The molecule has 110 valence electrons. The van der Waals surface area contributed by atoms with Crippen molar-refractivity contribution in [3.8, 4) is 5.75 Å². The summed E-state index contributed by atoms with van der Waals surface area (Å²) in [6, 6.07) is 4.39. The number of carbonyl (C=O) groups is 2. The largest absolute Gasteiger partial charge is 0.543 e. The molecule has 0 unspecified atom stereocenters. The number of benzene rings is 1. The second kappa shape index (κ2) is 5.40. The van der Waals surface area contributed by atoms with Gasteiger partial charge in [0.25, 0.3) is 8.32 Å². The lowest BCUT2D eigenvalue weighted by molar-refractivity contribution is 0.0696. The average Bonchev–Trinajstić information content (AvgIpc) is 2.26. The monoisotopic (exact) mass is 294 g/mol. The van der Waals surface area contributed by atoms with Crippen LogP contribution in [0.3, 0.4) is 0 Å². The van der Waals surface area contributed by atoms with E-state index in [9.17, 15) is 9.59 Å². The molecule has 0 aliphatic heterocycles. The lowest BCUT2D eigenvalue weighted by Crippen LogP contribution is -2.44. The Hall–Kier alpha value is -1.62. The van der Waals surface area contributed by atoms with Crippen LogP contribution in [0.2, 0.25) is 18.1 Å². The topological polar surface area (TPSA) is 63.6 Å². The van der Waals surface area contributed by atoms with Crippen molar-refractivity contribution in [1.29, 1.82) is 0 Å². The summed E-state index contributed by atoms with van der Waals surface area (Å²) in [5, 5.41) is 9.04. The molecular formula is C15H22O4Si. The second-order valence-corrected chi connectivity index (χ2v) is 11.2. The molecule has 0 fully saturated rings. The van der Waals surface area contributed by atoms with Gasteiger partial charge in [0.05, 0.1) is 11.1 Å². The predicted molar refractivity (Wildman–Crippen MR) is 81.2 cm³/mol. The van der Waals surface area contributed by atoms with Gasteiger partial charge in [0.1, 0.15) is 5.75 Å². The van der Waals surface area contributed by atoms with Crippen LogP contribution in [0.5, 0.6) is 5.75 Å². The molecule has 20 heavy (non-hydrogen) atoms. The third kappa shape index (κ3) is 3.48. The van der Waals surface area contributed by atoms with Crippen LogP contribution in [0.25, 0.3) is 0 Å². The Morgan fingerprint density at radius 3 is 2.15 bits per heavy atom. The number of Topliss-reactive ketones (excluding diaryl/α,β-unsaturated/α-hetero) is 1. The number of hydrogen-bond donors (Lipinski definition) is 1. The first kappa shape index (κ1) is 16.4. The van der Waals surface area contributed by atoms with Crippen molar-refractivity contribution in [1.82, 2.24) is 0 Å². The zero-order valence-corrected chi connectivity index (χ0v) is 13.9. The Labute approximate surface area is 120 Å². The van der Waals surface area contributed by atoms with E-state index in [1.807, 2.05) is 0 Å². The Morgan fingerprint density at radius 1 is 1.20 bits per heavy atom. The number of carboxylic acid groups (broad SMARTS) is 1. The summed E-state index contributed by atoms with van der Waals surface area (Å²) < 4.78 is 6.10. The van der Waals surface area contributed by atoms with E-state index in [1.165, 1.54) is 25.1 Å². The Balaban J connectivity index is 3.31. The van der Waals surface area contributed by atoms with Crippen LogP contribution in [0.4, 0.5) is 0 Å². The maximum absolute atomic E-state index is 11.7. The van der Waals surface area contributed by atoms with E-state index in [-0.39, 0.29) is 16.4 Å². The highest BCUT2D eigenvalue weighted by Crippen LogP contribution is 2.38. The highest BCUT2D eigenvalue weighted by Gasteiger charge is 2.39. The van der Waals surface area contributed by atoms with Crippen molar-refractivity contribution < 1.29 is 19.1 Å². The summed E-state index contributed by atoms with van der Waals surface area (Å²) >= 11 is 0. The molecular weight excluding hydrogens is 272 g/mol. The van der Waals surface area contributed by atoms with Gasteiger partial charge in [-0.25, -0.2) is 4.79 Å². The number of rotatable bonds is 4. The fraction of sp³-hybridized carbons (Fsp3) is 0.467. The third-order valence-corrected chi connectivity index (χ3v) is 8.12. The molecule has 5 heteroatoms. The summed E-state index contributed by atoms with van der Waals surface area (Å²) in [4.78, 5) is 22.7. The molecule has 0 aromatic heterocycles. The van der Waals surface area contributed by atoms with Crippen LogP contribution in [-0.2, 0) is 0 Å². The third-order valence-electron chi connectivity index (χ3n) is 3.78. The number of hydrogen-bond acceptors (Lipinski definition) is 3. The van der Waals surface area contributed by atoms with Crippen molar-refractivity contribution in [3.63, 3.8) is 0 Å². The summed E-state index contributed by atoms with van der Waals surface area (Å²) in [6.07, 6.45) is 0. The molecule has 0 amide bonds. The van der Waals surface area contributed by atoms with Crippen molar-refractivity contribution in [2.75, 3.05) is 0 Å². The summed E-state index contributed by atoms with van der Waals surface area (Å²) in [5.74, 6) is -0.778. The van der Waals surface area contributed by atoms with Crippen LogP contribution < -0.4 is 4.43 Å². The summed E-state index contributed by atoms with van der Waals surface area (Å²) in [5.41, 5.74) is 0.559. The first-order valence-electron chi connectivity index (χ1n) is 6.53. The van der Waals surface area contributed by atoms with E-state index in [2.05, 4.69) is 33.9 Å². The zero-order chi connectivity index (χ0) is 15.7. The molecule has 0 saturated carbocycles. The van der Waals surface area contributed by atoms with Crippen LogP contribution in [0.1, 0.15) is 48.4 Å². The Kier molecular flexibility index (Phi) is 4.44. The standard InChI is InChI=1S/C15H22O4Si/c1-10(16)12-8-7-11(14(17)18)9-13(12)19-20(5,6)15(2,3)4/h7-9H,1-6H3,(H,17,18). The minimum absolute atomic E-state index is 0.0275. The maximum Gasteiger partial charge on any atom is 0.335 e. The molecule has 0 heterocycles. The van der Waals surface area contributed by atoms with Crippen LogP contribution in [0, 0.1) is 0 Å². The quantitative estimate of drug-likeness (QED) is 0.674. The molecule has 0 spiro atoms. The molecule has 1 aromatic carbocycles. The normalized spacial score (nSPS) is 12.1. The molecule has 1 aromatic rings. The number of carboxylic acids is 1. The van der Waals surface area contributed by atoms with Gasteiger partial charge in [-0.1, -0.05) is 20.8 Å². The van der Waals surface area contributed by atoms with Gasteiger partial charge < -0.3 is 9.53 Å². The van der Waals surface area contributed by atoms with Gasteiger partial charge in [0.2, 0.25) is 0 Å². The van der Waals surface area contributed by atoms with E-state index in [4.69, 9.17) is 9.53 Å². The fourth-order valence-corrected chi connectivity index (χ4v) is 2.48. The van der Waals surface area contributed by atoms with E-state index < -0.39 is 14.3 Å². The maximum atomic E-state index is 11.7. The molecule has 1 rings (SSSR count). The first-order chi connectivity index (χ1) is 8.95. The minimum Gasteiger partial charge on any atom is -0.543 e. The van der Waals surface area contributed by atoms with E-state index in [1.54, 1.807) is 0 Å². The summed E-state index contributed by atoms with van der Waals surface area (Å²) in [7, 11) is -2.13. The van der Waals surface area contributed by atoms with Crippen molar-refractivity contribution in [2.24, 2.45) is 0 Å². The van der Waals surface area contributed by atoms with Crippen LogP contribution in [-0.4, -0.2) is 25.2 Å². The van der Waals surface area contributed by atoms with Gasteiger partial charge in [-0.05, 0) is 43.3 Å². The van der Waals surface area contributed by atoms with Crippen molar-refractivity contribution >= 4 is 20.1 Å². The smallest absolute Gasteiger partial charge is 0.335 e. The first-order valence-corrected chi connectivity index (χ1v) is 9.44. The van der Waals surface area contributed by atoms with E-state index in [0.29, 0.717) is 11.3 Å². The highest BCUT2D eigenvalue weighted by atomic mass is 28.4. The predicted octanol–water partition coefficient (Wildman–Crippen LogP) is 3.97. The van der Waals surface area contributed by atoms with Gasteiger partial charge in [-0.15, -0.1) is 0 Å². The average molecular weight is 294 g/mol. The van der Waals surface area contributed by atoms with Crippen LogP contribution >= 0.6 is 0 Å². The van der Waals surface area contributed by atoms with E-state index >= 15 is 0 Å².